The zero-order chi connectivity index (χ0) is 25.9. The number of para-hydroxylation sites is 1. The molecule has 0 spiro atoms. The van der Waals surface area contributed by atoms with E-state index in [1.807, 2.05) is 54.6 Å². The van der Waals surface area contributed by atoms with Gasteiger partial charge in [0.25, 0.3) is 0 Å². The van der Waals surface area contributed by atoms with Gasteiger partial charge in [-0.2, -0.15) is 0 Å². The van der Waals surface area contributed by atoms with E-state index in [2.05, 4.69) is 15.6 Å². The molecule has 0 aliphatic carbocycles. The molecule has 9 nitrogen and oxygen atoms in total. The molecule has 3 atom stereocenters. The average molecular weight is 495 g/mol. The van der Waals surface area contributed by atoms with Crippen LogP contribution in [-0.4, -0.2) is 57.7 Å². The number of amides is 1. The first-order valence-electron chi connectivity index (χ1n) is 12.2. The van der Waals surface area contributed by atoms with Crippen LogP contribution in [0.1, 0.15) is 36.8 Å². The van der Waals surface area contributed by atoms with Gasteiger partial charge in [0, 0.05) is 23.5 Å². The number of nitrogens with two attached hydrogens (primary N) is 1. The normalized spacial score (nSPS) is 13.7. The minimum Gasteiger partial charge on any atom is -0.480 e. The minimum absolute atomic E-state index is 0.0942. The highest BCUT2D eigenvalue weighted by atomic mass is 16.4. The molecular weight excluding hydrogens is 460 g/mol. The molecule has 0 aliphatic rings. The lowest BCUT2D eigenvalue weighted by atomic mass is 10.0. The zero-order valence-corrected chi connectivity index (χ0v) is 20.2. The number of aliphatic carboxylic acids is 2. The zero-order valence-electron chi connectivity index (χ0n) is 20.2. The number of hydrogen-bond donors (Lipinski definition) is 6. The number of carbonyl (C=O) groups excluding carboxylic acids is 1. The largest absolute Gasteiger partial charge is 0.480 e. The van der Waals surface area contributed by atoms with Crippen LogP contribution < -0.4 is 16.4 Å². The van der Waals surface area contributed by atoms with Crippen molar-refractivity contribution in [3.63, 3.8) is 0 Å². The molecule has 0 bridgehead atoms. The third kappa shape index (κ3) is 7.66. The van der Waals surface area contributed by atoms with Crippen LogP contribution in [-0.2, 0) is 27.2 Å². The summed E-state index contributed by atoms with van der Waals surface area (Å²) in [6, 6.07) is 14.1. The van der Waals surface area contributed by atoms with Gasteiger partial charge in [-0.1, -0.05) is 55.0 Å². The highest BCUT2D eigenvalue weighted by Crippen LogP contribution is 2.19. The smallest absolute Gasteiger partial charge is 0.326 e. The molecule has 2 aromatic carbocycles. The number of rotatable bonds is 15. The molecule has 3 aromatic rings. The van der Waals surface area contributed by atoms with E-state index in [0.29, 0.717) is 32.2 Å². The molecule has 1 aromatic heterocycles. The van der Waals surface area contributed by atoms with Gasteiger partial charge in [-0.3, -0.25) is 14.9 Å². The highest BCUT2D eigenvalue weighted by molar-refractivity contribution is 5.89. The molecule has 0 radical (unpaired) electrons. The molecule has 192 valence electrons. The van der Waals surface area contributed by atoms with Crippen molar-refractivity contribution < 1.29 is 24.6 Å². The monoisotopic (exact) mass is 494 g/mol. The van der Waals surface area contributed by atoms with E-state index in [-0.39, 0.29) is 12.8 Å². The predicted octanol–water partition coefficient (Wildman–Crippen LogP) is 2.45. The third-order valence-electron chi connectivity index (χ3n) is 6.24. The predicted molar refractivity (Wildman–Crippen MR) is 138 cm³/mol. The molecular formula is C27H34N4O5. The molecule has 36 heavy (non-hydrogen) atoms. The second-order valence-corrected chi connectivity index (χ2v) is 8.88. The Morgan fingerprint density at radius 1 is 0.861 bits per heavy atom. The summed E-state index contributed by atoms with van der Waals surface area (Å²) >= 11 is 0. The maximum Gasteiger partial charge on any atom is 0.326 e. The maximum atomic E-state index is 13.2. The van der Waals surface area contributed by atoms with Crippen LogP contribution in [0.4, 0.5) is 0 Å². The highest BCUT2D eigenvalue weighted by Gasteiger charge is 2.29. The summed E-state index contributed by atoms with van der Waals surface area (Å²) in [5, 5.41) is 26.1. The molecule has 1 heterocycles. The molecule has 1 unspecified atom stereocenters. The minimum atomic E-state index is -1.16. The Labute approximate surface area is 210 Å². The first kappa shape index (κ1) is 26.9. The first-order valence-corrected chi connectivity index (χ1v) is 12.2. The van der Waals surface area contributed by atoms with E-state index in [9.17, 15) is 24.6 Å². The lowest BCUT2D eigenvalue weighted by Gasteiger charge is -2.25. The van der Waals surface area contributed by atoms with Crippen molar-refractivity contribution in [2.24, 2.45) is 5.73 Å². The maximum absolute atomic E-state index is 13.2. The van der Waals surface area contributed by atoms with Crippen molar-refractivity contribution >= 4 is 28.7 Å². The number of nitrogens with one attached hydrogen (secondary N) is 3. The van der Waals surface area contributed by atoms with Crippen molar-refractivity contribution in [1.82, 2.24) is 15.6 Å². The number of aryl methyl sites for hydroxylation is 1. The summed E-state index contributed by atoms with van der Waals surface area (Å²) in [6.07, 6.45) is 4.28. The molecule has 0 saturated carbocycles. The van der Waals surface area contributed by atoms with Gasteiger partial charge in [0.05, 0.1) is 6.04 Å². The number of hydrogen-bond acceptors (Lipinski definition) is 5. The number of aromatic nitrogens is 1. The number of unbranched alkanes of at least 4 members (excludes halogenated alkanes) is 1. The fourth-order valence-corrected chi connectivity index (χ4v) is 4.25. The molecule has 0 saturated heterocycles. The summed E-state index contributed by atoms with van der Waals surface area (Å²) in [6.45, 7) is 0.447. The number of H-pyrrole nitrogens is 1. The summed E-state index contributed by atoms with van der Waals surface area (Å²) in [5.74, 6) is -2.76. The fraction of sp³-hybridized carbons (Fsp3) is 0.370. The van der Waals surface area contributed by atoms with Crippen LogP contribution in [0.15, 0.2) is 60.8 Å². The SMILES string of the molecule is NCCCCC(N[C@H](CCc1ccccc1)C(=O)O)C(=O)N[C@@H](Cc1c[nH]c2ccccc12)C(=O)O. The first-order chi connectivity index (χ1) is 17.4. The lowest BCUT2D eigenvalue weighted by Crippen LogP contribution is -2.54. The summed E-state index contributed by atoms with van der Waals surface area (Å²) in [7, 11) is 0. The number of carboxylic acid groups (broad SMARTS) is 2. The Balaban J connectivity index is 1.71. The van der Waals surface area contributed by atoms with Gasteiger partial charge in [-0.15, -0.1) is 0 Å². The standard InChI is InChI=1S/C27H34N4O5/c28-15-7-6-12-22(30-23(26(33)34)14-13-18-8-2-1-3-9-18)25(32)31-24(27(35)36)16-19-17-29-21-11-5-4-10-20(19)21/h1-5,8-11,17,22-24,29-30H,6-7,12-16,28H2,(H,31,32)(H,33,34)(H,35,36)/t22?,23-,24+/m1/s1. The Kier molecular flexibility index (Phi) is 10.0. The van der Waals surface area contributed by atoms with Crippen molar-refractivity contribution in [1.29, 1.82) is 0 Å². The molecule has 0 aliphatic heterocycles. The van der Waals surface area contributed by atoms with Gasteiger partial charge in [0.15, 0.2) is 0 Å². The van der Waals surface area contributed by atoms with Crippen LogP contribution in [0.3, 0.4) is 0 Å². The average Bonchev–Trinajstić information content (AvgIpc) is 3.28. The molecule has 0 fully saturated rings. The van der Waals surface area contributed by atoms with Gasteiger partial charge in [-0.25, -0.2) is 4.79 Å². The molecule has 7 N–H and O–H groups in total. The van der Waals surface area contributed by atoms with Crippen molar-refractivity contribution in [3.05, 3.63) is 71.9 Å². The van der Waals surface area contributed by atoms with Gasteiger partial charge in [0.2, 0.25) is 5.91 Å². The fourth-order valence-electron chi connectivity index (χ4n) is 4.25. The molecule has 3 rings (SSSR count). The van der Waals surface area contributed by atoms with E-state index in [0.717, 1.165) is 22.0 Å². The van der Waals surface area contributed by atoms with Crippen LogP contribution in [0, 0.1) is 0 Å². The van der Waals surface area contributed by atoms with Gasteiger partial charge in [0.1, 0.15) is 12.1 Å². The summed E-state index contributed by atoms with van der Waals surface area (Å²) in [4.78, 5) is 40.3. The van der Waals surface area contributed by atoms with Crippen LogP contribution in [0.25, 0.3) is 10.9 Å². The number of aromatic amines is 1. The van der Waals surface area contributed by atoms with Gasteiger partial charge >= 0.3 is 11.9 Å². The number of carbonyl (C=O) groups is 3. The number of benzene rings is 2. The van der Waals surface area contributed by atoms with Gasteiger partial charge in [-0.05, 0) is 49.4 Å². The van der Waals surface area contributed by atoms with E-state index >= 15 is 0 Å². The second kappa shape index (κ2) is 13.4. The lowest BCUT2D eigenvalue weighted by molar-refractivity contribution is -0.143. The Morgan fingerprint density at radius 3 is 2.25 bits per heavy atom. The number of carboxylic acids is 2. The Morgan fingerprint density at radius 2 is 1.56 bits per heavy atom. The molecule has 1 amide bonds. The Bertz CT molecular complexity index is 1150. The van der Waals surface area contributed by atoms with E-state index < -0.39 is 36.0 Å². The van der Waals surface area contributed by atoms with Crippen LogP contribution >= 0.6 is 0 Å². The van der Waals surface area contributed by atoms with Gasteiger partial charge < -0.3 is 26.2 Å². The third-order valence-corrected chi connectivity index (χ3v) is 6.24. The number of fused-ring (bicyclic) bond motifs is 1. The molecule has 9 heteroatoms. The van der Waals surface area contributed by atoms with Crippen molar-refractivity contribution in [2.45, 2.75) is 56.7 Å². The van der Waals surface area contributed by atoms with E-state index in [1.54, 1.807) is 6.20 Å². The summed E-state index contributed by atoms with van der Waals surface area (Å²) < 4.78 is 0. The summed E-state index contributed by atoms with van der Waals surface area (Å²) in [5.41, 5.74) is 8.25. The van der Waals surface area contributed by atoms with Crippen LogP contribution in [0.5, 0.6) is 0 Å². The van der Waals surface area contributed by atoms with Crippen molar-refractivity contribution in [3.8, 4) is 0 Å². The Hall–Kier alpha value is -3.69. The van der Waals surface area contributed by atoms with Crippen LogP contribution in [0.2, 0.25) is 0 Å². The van der Waals surface area contributed by atoms with E-state index in [4.69, 9.17) is 5.73 Å². The van der Waals surface area contributed by atoms with E-state index in [1.165, 1.54) is 0 Å². The van der Waals surface area contributed by atoms with Crippen molar-refractivity contribution in [2.75, 3.05) is 6.54 Å². The topological polar surface area (TPSA) is 158 Å². The second-order valence-electron chi connectivity index (χ2n) is 8.88. The quantitative estimate of drug-likeness (QED) is 0.177.